The number of methoxy groups -OCH3 is 1. The zero-order valence-electron chi connectivity index (χ0n) is 13.9. The quantitative estimate of drug-likeness (QED) is 0.821. The van der Waals surface area contributed by atoms with Gasteiger partial charge in [-0.05, 0) is 31.4 Å². The topological polar surface area (TPSA) is 37.4 Å². The molecule has 1 aromatic carbocycles. The van der Waals surface area contributed by atoms with E-state index in [0.29, 0.717) is 11.4 Å². The van der Waals surface area contributed by atoms with E-state index in [0.717, 1.165) is 57.3 Å². The molecule has 1 fully saturated rings. The van der Waals surface area contributed by atoms with Crippen molar-refractivity contribution in [1.82, 2.24) is 9.88 Å². The number of anilines is 1. The monoisotopic (exact) mass is 335 g/mol. The van der Waals surface area contributed by atoms with Gasteiger partial charge in [0, 0.05) is 62.7 Å². The van der Waals surface area contributed by atoms with Crippen LogP contribution < -0.4 is 5.32 Å². The maximum Gasteiger partial charge on any atom is 0.152 e. The lowest BCUT2D eigenvalue weighted by atomic mass is 10.0. The number of halogens is 2. The van der Waals surface area contributed by atoms with Crippen LogP contribution in [0.4, 0.5) is 14.5 Å². The van der Waals surface area contributed by atoms with E-state index in [2.05, 4.69) is 15.2 Å². The Kier molecular flexibility index (Phi) is 5.58. The van der Waals surface area contributed by atoms with Crippen molar-refractivity contribution >= 4 is 16.6 Å². The molecule has 130 valence electrons. The second-order valence-corrected chi connectivity index (χ2v) is 6.25. The summed E-state index contributed by atoms with van der Waals surface area (Å²) in [6.45, 7) is 3.88. The van der Waals surface area contributed by atoms with Crippen molar-refractivity contribution < 1.29 is 13.5 Å². The largest absolute Gasteiger partial charge is 0.385 e. The van der Waals surface area contributed by atoms with Crippen LogP contribution in [-0.2, 0) is 4.74 Å². The van der Waals surface area contributed by atoms with Gasteiger partial charge in [-0.15, -0.1) is 0 Å². The molecule has 4 nitrogen and oxygen atoms in total. The first-order chi connectivity index (χ1) is 11.7. The van der Waals surface area contributed by atoms with Gasteiger partial charge in [0.25, 0.3) is 0 Å². The van der Waals surface area contributed by atoms with Crippen LogP contribution in [0, 0.1) is 11.6 Å². The van der Waals surface area contributed by atoms with Gasteiger partial charge in [0.15, 0.2) is 5.82 Å². The number of aromatic nitrogens is 1. The minimum atomic E-state index is -0.624. The Balaban J connectivity index is 1.64. The molecule has 3 rings (SSSR count). The summed E-state index contributed by atoms with van der Waals surface area (Å²) in [4.78, 5) is 6.46. The summed E-state index contributed by atoms with van der Waals surface area (Å²) < 4.78 is 32.5. The number of nitrogens with zero attached hydrogens (tertiary/aromatic N) is 2. The Morgan fingerprint density at radius 1 is 1.29 bits per heavy atom. The van der Waals surface area contributed by atoms with Crippen LogP contribution in [0.1, 0.15) is 19.3 Å². The second kappa shape index (κ2) is 7.85. The summed E-state index contributed by atoms with van der Waals surface area (Å²) in [5.74, 6) is -1.20. The van der Waals surface area contributed by atoms with E-state index in [9.17, 15) is 8.78 Å². The van der Waals surface area contributed by atoms with Crippen LogP contribution >= 0.6 is 0 Å². The molecule has 1 N–H and O–H groups in total. The molecule has 1 aromatic heterocycles. The van der Waals surface area contributed by atoms with Crippen LogP contribution in [0.5, 0.6) is 0 Å². The van der Waals surface area contributed by atoms with E-state index in [4.69, 9.17) is 4.74 Å². The Bertz CT molecular complexity index is 687. The van der Waals surface area contributed by atoms with Crippen molar-refractivity contribution in [2.45, 2.75) is 25.3 Å². The van der Waals surface area contributed by atoms with Crippen molar-refractivity contribution in [3.63, 3.8) is 0 Å². The first-order valence-electron chi connectivity index (χ1n) is 8.39. The summed E-state index contributed by atoms with van der Waals surface area (Å²) in [5, 5.41) is 3.94. The average molecular weight is 335 g/mol. The normalized spacial score (nSPS) is 16.6. The molecule has 0 atom stereocenters. The third-order valence-corrected chi connectivity index (χ3v) is 4.53. The van der Waals surface area contributed by atoms with E-state index in [1.165, 1.54) is 6.07 Å². The van der Waals surface area contributed by atoms with Crippen LogP contribution in [0.3, 0.4) is 0 Å². The van der Waals surface area contributed by atoms with Crippen LogP contribution in [-0.4, -0.2) is 49.3 Å². The van der Waals surface area contributed by atoms with Gasteiger partial charge in [0.05, 0.1) is 0 Å². The lowest BCUT2D eigenvalue weighted by molar-refractivity contribution is 0.159. The molecule has 2 aromatic rings. The highest BCUT2D eigenvalue weighted by atomic mass is 19.1. The van der Waals surface area contributed by atoms with Gasteiger partial charge in [0.1, 0.15) is 11.3 Å². The van der Waals surface area contributed by atoms with Crippen molar-refractivity contribution in [3.8, 4) is 0 Å². The van der Waals surface area contributed by atoms with Crippen LogP contribution in [0.2, 0.25) is 0 Å². The van der Waals surface area contributed by atoms with Gasteiger partial charge in [-0.25, -0.2) is 8.78 Å². The number of fused-ring (bicyclic) bond motifs is 1. The zero-order chi connectivity index (χ0) is 16.9. The third kappa shape index (κ3) is 3.99. The Morgan fingerprint density at radius 2 is 2.08 bits per heavy atom. The van der Waals surface area contributed by atoms with Gasteiger partial charge in [-0.3, -0.25) is 4.98 Å². The van der Waals surface area contributed by atoms with E-state index in [1.807, 2.05) is 0 Å². The molecule has 1 aliphatic heterocycles. The predicted octanol–water partition coefficient (Wildman–Crippen LogP) is 3.43. The van der Waals surface area contributed by atoms with Crippen molar-refractivity contribution in [2.75, 3.05) is 38.7 Å². The van der Waals surface area contributed by atoms with Crippen molar-refractivity contribution in [1.29, 1.82) is 0 Å². The summed E-state index contributed by atoms with van der Waals surface area (Å²) in [5.41, 5.74) is 0.953. The third-order valence-electron chi connectivity index (χ3n) is 4.53. The van der Waals surface area contributed by atoms with Crippen molar-refractivity contribution in [3.05, 3.63) is 36.0 Å². The van der Waals surface area contributed by atoms with Crippen LogP contribution in [0.25, 0.3) is 10.9 Å². The first kappa shape index (κ1) is 17.0. The second-order valence-electron chi connectivity index (χ2n) is 6.25. The van der Waals surface area contributed by atoms with Gasteiger partial charge in [-0.1, -0.05) is 0 Å². The fourth-order valence-electron chi connectivity index (χ4n) is 3.26. The highest BCUT2D eigenvalue weighted by Crippen LogP contribution is 2.27. The number of nitrogens with one attached hydrogen (secondary N) is 1. The van der Waals surface area contributed by atoms with Crippen molar-refractivity contribution in [2.24, 2.45) is 0 Å². The Labute approximate surface area is 140 Å². The molecule has 0 aliphatic carbocycles. The number of ether oxygens (including phenoxy) is 1. The summed E-state index contributed by atoms with van der Waals surface area (Å²) in [6, 6.07) is 4.30. The number of hydrogen-bond acceptors (Lipinski definition) is 4. The van der Waals surface area contributed by atoms with Gasteiger partial charge >= 0.3 is 0 Å². The Hall–Kier alpha value is -1.79. The van der Waals surface area contributed by atoms with Gasteiger partial charge in [0.2, 0.25) is 0 Å². The molecule has 0 bridgehead atoms. The van der Waals surface area contributed by atoms with E-state index >= 15 is 0 Å². The maximum atomic E-state index is 13.9. The fourth-order valence-corrected chi connectivity index (χ4v) is 3.26. The number of pyridine rings is 1. The molecule has 0 amide bonds. The summed E-state index contributed by atoms with van der Waals surface area (Å²) >= 11 is 0. The maximum absolute atomic E-state index is 13.9. The standard InChI is InChI=1S/C18H23F2N3O/c1-24-10-2-7-23-8-4-14(5-9-23)22-17-3-6-21-18-15(17)11-13(19)12-16(18)20/h3,6,11-12,14H,2,4-5,7-10H2,1H3,(H,21,22). The number of hydrogen-bond donors (Lipinski definition) is 1. The molecule has 24 heavy (non-hydrogen) atoms. The smallest absolute Gasteiger partial charge is 0.152 e. The highest BCUT2D eigenvalue weighted by molar-refractivity contribution is 5.91. The summed E-state index contributed by atoms with van der Waals surface area (Å²) in [6.07, 6.45) is 4.62. The van der Waals surface area contributed by atoms with Gasteiger partial charge < -0.3 is 15.0 Å². The van der Waals surface area contributed by atoms with E-state index in [-0.39, 0.29) is 5.52 Å². The molecule has 0 unspecified atom stereocenters. The number of piperidine rings is 1. The predicted molar refractivity (Wildman–Crippen MR) is 91.2 cm³/mol. The number of benzene rings is 1. The molecule has 2 heterocycles. The molecule has 0 radical (unpaired) electrons. The average Bonchev–Trinajstić information content (AvgIpc) is 2.57. The lowest BCUT2D eigenvalue weighted by Crippen LogP contribution is -2.39. The zero-order valence-corrected chi connectivity index (χ0v) is 13.9. The molecule has 1 saturated heterocycles. The minimum absolute atomic E-state index is 0.207. The van der Waals surface area contributed by atoms with Gasteiger partial charge in [-0.2, -0.15) is 0 Å². The molecular weight excluding hydrogens is 312 g/mol. The summed E-state index contributed by atoms with van der Waals surface area (Å²) in [7, 11) is 1.72. The number of likely N-dealkylation sites (tertiary alicyclic amines) is 1. The molecule has 0 saturated carbocycles. The molecular formula is C18H23F2N3O. The van der Waals surface area contributed by atoms with E-state index < -0.39 is 11.6 Å². The first-order valence-corrected chi connectivity index (χ1v) is 8.39. The number of rotatable bonds is 6. The highest BCUT2D eigenvalue weighted by Gasteiger charge is 2.19. The lowest BCUT2D eigenvalue weighted by Gasteiger charge is -2.33. The SMILES string of the molecule is COCCCN1CCC(Nc2ccnc3c(F)cc(F)cc23)CC1. The van der Waals surface area contributed by atoms with Crippen LogP contribution in [0.15, 0.2) is 24.4 Å². The molecule has 6 heteroatoms. The van der Waals surface area contributed by atoms with E-state index in [1.54, 1.807) is 19.4 Å². The fraction of sp³-hybridized carbons (Fsp3) is 0.500. The molecule has 1 aliphatic rings. The molecule has 0 spiro atoms. The Morgan fingerprint density at radius 3 is 2.83 bits per heavy atom. The minimum Gasteiger partial charge on any atom is -0.385 e.